The third-order valence-electron chi connectivity index (χ3n) is 17.3. The van der Waals surface area contributed by atoms with Crippen LogP contribution in [0.4, 0.5) is 0 Å². The Bertz CT molecular complexity index is 1960. The number of phosphoric acid groups is 1. The van der Waals surface area contributed by atoms with Crippen molar-refractivity contribution in [3.05, 3.63) is 109 Å². The topological polar surface area (TPSA) is 111 Å². The Kier molecular flexibility index (Phi) is 71.3. The molecule has 2 atom stereocenters. The van der Waals surface area contributed by atoms with E-state index in [-0.39, 0.29) is 32.0 Å². The maximum Gasteiger partial charge on any atom is 0.306 e. The van der Waals surface area contributed by atoms with Crippen LogP contribution in [0, 0.1) is 0 Å². The highest BCUT2D eigenvalue weighted by Gasteiger charge is 2.22. The molecule has 0 aromatic rings. The number of nitrogens with zero attached hydrogens (tertiary/aromatic N) is 1. The van der Waals surface area contributed by atoms with Gasteiger partial charge in [0.25, 0.3) is 7.82 Å². The lowest BCUT2D eigenvalue weighted by molar-refractivity contribution is -0.870. The van der Waals surface area contributed by atoms with Crippen molar-refractivity contribution in [3.63, 3.8) is 0 Å². The first-order valence-corrected chi connectivity index (χ1v) is 41.1. The van der Waals surface area contributed by atoms with Gasteiger partial charge in [-0.15, -0.1) is 0 Å². The number of carbonyl (C=O) groups is 2. The molecule has 0 amide bonds. The zero-order valence-corrected chi connectivity index (χ0v) is 63.0. The monoisotopic (exact) mass is 1330 g/mol. The van der Waals surface area contributed by atoms with Crippen molar-refractivity contribution in [2.24, 2.45) is 0 Å². The number of ether oxygens (including phenoxy) is 2. The molecular weight excluding hydrogens is 1180 g/mol. The van der Waals surface area contributed by atoms with Crippen LogP contribution in [-0.2, 0) is 32.7 Å². The van der Waals surface area contributed by atoms with Gasteiger partial charge in [-0.1, -0.05) is 354 Å². The molecule has 0 aromatic carbocycles. The number of quaternary nitrogens is 1. The Balaban J connectivity index is 3.95. The van der Waals surface area contributed by atoms with Crippen molar-refractivity contribution < 1.29 is 42.1 Å². The van der Waals surface area contributed by atoms with Gasteiger partial charge in [-0.2, -0.15) is 0 Å². The van der Waals surface area contributed by atoms with Crippen LogP contribution in [0.3, 0.4) is 0 Å². The maximum atomic E-state index is 12.9. The molecule has 0 heterocycles. The Morgan fingerprint density at radius 1 is 0.340 bits per heavy atom. The van der Waals surface area contributed by atoms with E-state index in [4.69, 9.17) is 18.5 Å². The van der Waals surface area contributed by atoms with Gasteiger partial charge in [0, 0.05) is 12.8 Å². The van der Waals surface area contributed by atoms with E-state index in [1.807, 2.05) is 21.1 Å². The molecule has 0 aliphatic heterocycles. The summed E-state index contributed by atoms with van der Waals surface area (Å²) in [5, 5.41) is 0. The van der Waals surface area contributed by atoms with Crippen LogP contribution in [0.5, 0.6) is 0 Å². The standard InChI is InChI=1S/C84H150NO8P/c1-6-8-10-12-14-16-18-20-22-24-26-28-30-32-34-36-38-39-40-41-42-43-44-45-47-48-50-52-54-56-58-60-62-64-66-68-70-72-74-76-83(86)90-80-82(81-92-94(88,89)91-79-78-85(3,4)5)93-84(87)77-75-73-71-69-67-65-63-61-59-57-55-53-51-49-46-37-35-33-31-29-27-25-23-21-19-17-15-13-11-9-7-2/h9,11,15,17-18,20-21,23-24,26-27,29-30,32-33,35,46,49,82H,6-8,10,12-14,16,19,22,25,28,31,34,36-45,47-48,50-81H2,1-5H3/b11-9-,17-15-,20-18-,23-21-,26-24-,29-27-,32-30-,35-33-,49-46-. The van der Waals surface area contributed by atoms with E-state index >= 15 is 0 Å². The van der Waals surface area contributed by atoms with E-state index in [0.29, 0.717) is 17.4 Å². The number of likely N-dealkylation sites (N-methyl/N-ethyl adjacent to an activating group) is 1. The van der Waals surface area contributed by atoms with E-state index in [1.54, 1.807) is 0 Å². The second-order valence-corrected chi connectivity index (χ2v) is 29.1. The highest BCUT2D eigenvalue weighted by atomic mass is 31.2. The third kappa shape index (κ3) is 77.7. The molecule has 0 saturated carbocycles. The summed E-state index contributed by atoms with van der Waals surface area (Å²) in [6, 6.07) is 0. The van der Waals surface area contributed by atoms with Crippen LogP contribution in [0.25, 0.3) is 0 Å². The average molecular weight is 1330 g/mol. The molecule has 10 heteroatoms. The summed E-state index contributed by atoms with van der Waals surface area (Å²) < 4.78 is 34.4. The summed E-state index contributed by atoms with van der Waals surface area (Å²) in [5.74, 6) is -0.824. The summed E-state index contributed by atoms with van der Waals surface area (Å²) in [4.78, 5) is 38.2. The van der Waals surface area contributed by atoms with Crippen LogP contribution in [-0.4, -0.2) is 70.0 Å². The van der Waals surface area contributed by atoms with Crippen molar-refractivity contribution in [2.45, 2.75) is 367 Å². The summed E-state index contributed by atoms with van der Waals surface area (Å²) in [6.45, 7) is 4.15. The number of carbonyl (C=O) groups excluding carboxylic acids is 2. The lowest BCUT2D eigenvalue weighted by atomic mass is 10.0. The normalized spacial score (nSPS) is 13.6. The van der Waals surface area contributed by atoms with Gasteiger partial charge in [0.2, 0.25) is 0 Å². The van der Waals surface area contributed by atoms with Crippen molar-refractivity contribution in [3.8, 4) is 0 Å². The van der Waals surface area contributed by atoms with Crippen LogP contribution >= 0.6 is 7.82 Å². The lowest BCUT2D eigenvalue weighted by Gasteiger charge is -2.28. The van der Waals surface area contributed by atoms with E-state index in [1.165, 1.54) is 238 Å². The van der Waals surface area contributed by atoms with Crippen molar-refractivity contribution in [1.29, 1.82) is 0 Å². The van der Waals surface area contributed by atoms with E-state index in [0.717, 1.165) is 89.9 Å². The maximum absolute atomic E-state index is 12.9. The first-order valence-electron chi connectivity index (χ1n) is 39.6. The quantitative estimate of drug-likeness (QED) is 0.0195. The third-order valence-corrected chi connectivity index (χ3v) is 18.2. The zero-order valence-electron chi connectivity index (χ0n) is 62.1. The predicted molar refractivity (Wildman–Crippen MR) is 406 cm³/mol. The molecule has 0 bridgehead atoms. The highest BCUT2D eigenvalue weighted by Crippen LogP contribution is 2.38. The molecule has 9 nitrogen and oxygen atoms in total. The molecule has 0 rings (SSSR count). The molecule has 0 N–H and O–H groups in total. The zero-order chi connectivity index (χ0) is 68.3. The molecule has 2 unspecified atom stereocenters. The fraction of sp³-hybridized carbons (Fsp3) is 0.762. The molecule has 0 saturated heterocycles. The SMILES string of the molecule is CC/C=C\C/C=C\C/C=C\C/C=C\C/C=C\C/C=C\CCCCCCCCCCCCCCC(=O)OC(COC(=O)CCCCCCCCCCCCCCCCCCCCCCCCCC/C=C\C/C=C\C/C=C\CCCCCCC)COP(=O)([O-])OCC[N+](C)(C)C. The number of phosphoric ester groups is 1. The smallest absolute Gasteiger partial charge is 0.306 e. The first-order chi connectivity index (χ1) is 46.0. The number of hydrogen-bond donors (Lipinski definition) is 0. The van der Waals surface area contributed by atoms with Gasteiger partial charge in [0.15, 0.2) is 6.10 Å². The summed E-state index contributed by atoms with van der Waals surface area (Å²) in [7, 11) is 1.17. The minimum atomic E-state index is -4.65. The molecule has 0 spiro atoms. The first kappa shape index (κ1) is 90.7. The number of rotatable bonds is 73. The van der Waals surface area contributed by atoms with Crippen LogP contribution < -0.4 is 4.89 Å². The second kappa shape index (κ2) is 73.9. The number of unbranched alkanes of at least 4 members (excludes halogenated alkanes) is 41. The summed E-state index contributed by atoms with van der Waals surface area (Å²) in [5.41, 5.74) is 0. The average Bonchev–Trinajstić information content (AvgIpc) is 1.66. The van der Waals surface area contributed by atoms with Gasteiger partial charge in [-0.3, -0.25) is 14.2 Å². The molecule has 94 heavy (non-hydrogen) atoms. The van der Waals surface area contributed by atoms with E-state index in [2.05, 4.69) is 123 Å². The number of allylic oxidation sites excluding steroid dienone is 18. The van der Waals surface area contributed by atoms with Gasteiger partial charge in [-0.05, 0) is 103 Å². The highest BCUT2D eigenvalue weighted by molar-refractivity contribution is 7.45. The fourth-order valence-electron chi connectivity index (χ4n) is 11.3. The molecular formula is C84H150NO8P. The fourth-order valence-corrected chi connectivity index (χ4v) is 12.0. The van der Waals surface area contributed by atoms with Crippen molar-refractivity contribution in [2.75, 3.05) is 47.5 Å². The van der Waals surface area contributed by atoms with Crippen molar-refractivity contribution in [1.82, 2.24) is 0 Å². The molecule has 0 radical (unpaired) electrons. The van der Waals surface area contributed by atoms with Crippen LogP contribution in [0.15, 0.2) is 109 Å². The Morgan fingerprint density at radius 3 is 0.904 bits per heavy atom. The largest absolute Gasteiger partial charge is 0.756 e. The summed E-state index contributed by atoms with van der Waals surface area (Å²) >= 11 is 0. The van der Waals surface area contributed by atoms with Gasteiger partial charge >= 0.3 is 11.9 Å². The van der Waals surface area contributed by atoms with Gasteiger partial charge in [0.1, 0.15) is 19.8 Å². The van der Waals surface area contributed by atoms with Gasteiger partial charge in [0.05, 0.1) is 27.7 Å². The minimum absolute atomic E-state index is 0.0333. The lowest BCUT2D eigenvalue weighted by Crippen LogP contribution is -2.37. The molecule has 544 valence electrons. The van der Waals surface area contributed by atoms with E-state index in [9.17, 15) is 19.0 Å². The Labute approximate surface area is 582 Å². The summed E-state index contributed by atoms with van der Waals surface area (Å²) in [6.07, 6.45) is 105. The molecule has 0 aliphatic rings. The van der Waals surface area contributed by atoms with Crippen molar-refractivity contribution >= 4 is 19.8 Å². The predicted octanol–water partition coefficient (Wildman–Crippen LogP) is 25.8. The molecule has 0 fully saturated rings. The van der Waals surface area contributed by atoms with Crippen LogP contribution in [0.1, 0.15) is 361 Å². The second-order valence-electron chi connectivity index (χ2n) is 27.7. The number of hydrogen-bond acceptors (Lipinski definition) is 8. The minimum Gasteiger partial charge on any atom is -0.756 e. The van der Waals surface area contributed by atoms with Gasteiger partial charge < -0.3 is 27.9 Å². The number of esters is 2. The molecule has 0 aliphatic carbocycles. The Morgan fingerprint density at radius 2 is 0.606 bits per heavy atom. The van der Waals surface area contributed by atoms with Crippen LogP contribution in [0.2, 0.25) is 0 Å². The van der Waals surface area contributed by atoms with E-state index < -0.39 is 26.5 Å². The Hall–Kier alpha value is -3.33. The van der Waals surface area contributed by atoms with Gasteiger partial charge in [-0.25, -0.2) is 0 Å². The molecule has 0 aromatic heterocycles.